The van der Waals surface area contributed by atoms with Gasteiger partial charge in [-0.05, 0) is 36.3 Å². The van der Waals surface area contributed by atoms with Gasteiger partial charge in [0.15, 0.2) is 0 Å². The van der Waals surface area contributed by atoms with E-state index >= 15 is 0 Å². The van der Waals surface area contributed by atoms with Gasteiger partial charge in [0.2, 0.25) is 0 Å². The maximum atomic E-state index is 9.32. The number of nitrogens with zero attached hydrogens (tertiary/aromatic N) is 1. The first kappa shape index (κ1) is 15.5. The first-order valence-corrected chi connectivity index (χ1v) is 7.64. The average Bonchev–Trinajstić information content (AvgIpc) is 2.86. The lowest BCUT2D eigenvalue weighted by atomic mass is 10.1. The lowest BCUT2D eigenvalue weighted by Gasteiger charge is -2.28. The zero-order chi connectivity index (χ0) is 14.4. The van der Waals surface area contributed by atoms with Crippen molar-refractivity contribution in [3.8, 4) is 0 Å². The van der Waals surface area contributed by atoms with Crippen molar-refractivity contribution in [1.82, 2.24) is 4.90 Å². The van der Waals surface area contributed by atoms with Gasteiger partial charge >= 0.3 is 0 Å². The van der Waals surface area contributed by atoms with Crippen molar-refractivity contribution in [3.63, 3.8) is 0 Å². The van der Waals surface area contributed by atoms with E-state index in [0.717, 1.165) is 19.0 Å². The molecule has 2 atom stereocenters. The van der Waals surface area contributed by atoms with Crippen LogP contribution in [0.1, 0.15) is 37.3 Å². The van der Waals surface area contributed by atoms with Crippen molar-refractivity contribution < 1.29 is 9.84 Å². The molecule has 112 valence electrons. The van der Waals surface area contributed by atoms with Crippen LogP contribution >= 0.6 is 0 Å². The first-order valence-electron chi connectivity index (χ1n) is 7.64. The highest BCUT2D eigenvalue weighted by atomic mass is 16.5. The van der Waals surface area contributed by atoms with Gasteiger partial charge in [0.1, 0.15) is 0 Å². The van der Waals surface area contributed by atoms with Crippen molar-refractivity contribution in [2.75, 3.05) is 20.3 Å². The Hall–Kier alpha value is -0.900. The zero-order valence-corrected chi connectivity index (χ0v) is 12.7. The highest BCUT2D eigenvalue weighted by Gasteiger charge is 2.26. The number of benzene rings is 1. The van der Waals surface area contributed by atoms with E-state index in [1.54, 1.807) is 7.11 Å². The van der Waals surface area contributed by atoms with E-state index in [1.165, 1.54) is 30.4 Å². The Morgan fingerprint density at radius 2 is 2.10 bits per heavy atom. The third kappa shape index (κ3) is 4.30. The smallest absolute Gasteiger partial charge is 0.0713 e. The Bertz CT molecular complexity index is 408. The number of aliphatic hydroxyl groups excluding tert-OH is 1. The van der Waals surface area contributed by atoms with Crippen molar-refractivity contribution in [2.24, 2.45) is 5.92 Å². The predicted octanol–water partition coefficient (Wildman–Crippen LogP) is 2.82. The van der Waals surface area contributed by atoms with Crippen LogP contribution in [0.3, 0.4) is 0 Å². The normalized spacial score (nSPS) is 22.6. The molecule has 1 saturated carbocycles. The van der Waals surface area contributed by atoms with E-state index in [9.17, 15) is 5.11 Å². The van der Waals surface area contributed by atoms with E-state index in [2.05, 4.69) is 36.1 Å². The fourth-order valence-corrected chi connectivity index (χ4v) is 3.25. The highest BCUT2D eigenvalue weighted by Crippen LogP contribution is 2.29. The van der Waals surface area contributed by atoms with E-state index in [1.807, 2.05) is 0 Å². The summed E-state index contributed by atoms with van der Waals surface area (Å²) in [6.07, 6.45) is 3.84. The molecule has 1 aromatic carbocycles. The number of hydrogen-bond donors (Lipinski definition) is 1. The second-order valence-electron chi connectivity index (χ2n) is 6.02. The summed E-state index contributed by atoms with van der Waals surface area (Å²) in [7, 11) is 1.73. The van der Waals surface area contributed by atoms with Crippen molar-refractivity contribution in [1.29, 1.82) is 0 Å². The quantitative estimate of drug-likeness (QED) is 0.832. The number of hydrogen-bond acceptors (Lipinski definition) is 3. The lowest BCUT2D eigenvalue weighted by molar-refractivity contribution is 0.142. The Morgan fingerprint density at radius 1 is 1.30 bits per heavy atom. The van der Waals surface area contributed by atoms with Crippen molar-refractivity contribution >= 4 is 0 Å². The fourth-order valence-electron chi connectivity index (χ4n) is 3.25. The summed E-state index contributed by atoms with van der Waals surface area (Å²) >= 11 is 0. The Morgan fingerprint density at radius 3 is 2.75 bits per heavy atom. The van der Waals surface area contributed by atoms with Crippen LogP contribution in [0.2, 0.25) is 0 Å². The first-order chi connectivity index (χ1) is 9.72. The molecule has 0 aromatic heterocycles. The largest absolute Gasteiger partial charge is 0.395 e. The molecule has 0 spiro atoms. The monoisotopic (exact) mass is 277 g/mol. The maximum Gasteiger partial charge on any atom is 0.0713 e. The molecule has 2 rings (SSSR count). The molecule has 0 bridgehead atoms. The van der Waals surface area contributed by atoms with Crippen LogP contribution in [-0.4, -0.2) is 36.3 Å². The minimum Gasteiger partial charge on any atom is -0.395 e. The average molecular weight is 277 g/mol. The molecule has 0 heterocycles. The molecule has 0 unspecified atom stereocenters. The number of aliphatic hydroxyl groups is 1. The predicted molar refractivity (Wildman–Crippen MR) is 81.5 cm³/mol. The molecular weight excluding hydrogens is 250 g/mol. The summed E-state index contributed by atoms with van der Waals surface area (Å²) in [6.45, 7) is 4.93. The molecule has 0 radical (unpaired) electrons. The summed E-state index contributed by atoms with van der Waals surface area (Å²) in [5.74, 6) is 0.820. The third-order valence-electron chi connectivity index (χ3n) is 4.26. The molecule has 1 aliphatic rings. The minimum atomic E-state index is 0.239. The van der Waals surface area contributed by atoms with Crippen molar-refractivity contribution in [3.05, 3.63) is 35.4 Å². The molecule has 20 heavy (non-hydrogen) atoms. The van der Waals surface area contributed by atoms with Crippen LogP contribution in [0.5, 0.6) is 0 Å². The topological polar surface area (TPSA) is 32.7 Å². The van der Waals surface area contributed by atoms with Crippen LogP contribution in [0.25, 0.3) is 0 Å². The second kappa shape index (κ2) is 7.77. The Labute approximate surface area is 122 Å². The highest BCUT2D eigenvalue weighted by molar-refractivity contribution is 5.23. The van der Waals surface area contributed by atoms with Crippen LogP contribution in [0, 0.1) is 5.92 Å². The van der Waals surface area contributed by atoms with Gasteiger partial charge in [-0.25, -0.2) is 0 Å². The van der Waals surface area contributed by atoms with E-state index in [0.29, 0.717) is 12.6 Å². The minimum absolute atomic E-state index is 0.239. The molecule has 1 fully saturated rings. The number of rotatable bonds is 7. The van der Waals surface area contributed by atoms with Gasteiger partial charge in [0.25, 0.3) is 0 Å². The molecule has 0 aliphatic heterocycles. The summed E-state index contributed by atoms with van der Waals surface area (Å²) in [4.78, 5) is 2.44. The molecule has 3 heteroatoms. The second-order valence-corrected chi connectivity index (χ2v) is 6.02. The molecule has 0 amide bonds. The molecule has 1 aliphatic carbocycles. The molecule has 3 nitrogen and oxygen atoms in total. The third-order valence-corrected chi connectivity index (χ3v) is 4.26. The summed E-state index contributed by atoms with van der Waals surface area (Å²) in [5, 5.41) is 9.32. The SMILES string of the molecule is COCc1cccc(CN(CCO)[C@H]2CC[C@@H](C)C2)c1. The maximum absolute atomic E-state index is 9.32. The van der Waals surface area contributed by atoms with Gasteiger partial charge in [0.05, 0.1) is 13.2 Å². The van der Waals surface area contributed by atoms with Gasteiger partial charge in [-0.3, -0.25) is 4.90 Å². The van der Waals surface area contributed by atoms with E-state index in [4.69, 9.17) is 4.74 Å². The van der Waals surface area contributed by atoms with Crippen molar-refractivity contribution in [2.45, 2.75) is 45.4 Å². The lowest BCUT2D eigenvalue weighted by Crippen LogP contribution is -2.35. The van der Waals surface area contributed by atoms with E-state index < -0.39 is 0 Å². The number of methoxy groups -OCH3 is 1. The Kier molecular flexibility index (Phi) is 6.02. The summed E-state index contributed by atoms with van der Waals surface area (Å²) < 4.78 is 5.20. The molecule has 1 aromatic rings. The van der Waals surface area contributed by atoms with Gasteiger partial charge in [-0.15, -0.1) is 0 Å². The molecule has 1 N–H and O–H groups in total. The van der Waals surface area contributed by atoms with Gasteiger partial charge in [-0.2, -0.15) is 0 Å². The van der Waals surface area contributed by atoms with Crippen LogP contribution in [0.15, 0.2) is 24.3 Å². The summed E-state index contributed by atoms with van der Waals surface area (Å²) in [5.41, 5.74) is 2.53. The standard InChI is InChI=1S/C17H27NO2/c1-14-6-7-17(10-14)18(8-9-19)12-15-4-3-5-16(11-15)13-20-2/h3-5,11,14,17,19H,6-10,12-13H2,1-2H3/t14-,17+/m1/s1. The fraction of sp³-hybridized carbons (Fsp3) is 0.647. The molecular formula is C17H27NO2. The Balaban J connectivity index is 2.01. The molecule has 0 saturated heterocycles. The van der Waals surface area contributed by atoms with Gasteiger partial charge < -0.3 is 9.84 Å². The van der Waals surface area contributed by atoms with Crippen LogP contribution in [-0.2, 0) is 17.9 Å². The number of ether oxygens (including phenoxy) is 1. The van der Waals surface area contributed by atoms with Crippen LogP contribution in [0.4, 0.5) is 0 Å². The van der Waals surface area contributed by atoms with Gasteiger partial charge in [-0.1, -0.05) is 31.2 Å². The summed E-state index contributed by atoms with van der Waals surface area (Å²) in [6, 6.07) is 9.20. The van der Waals surface area contributed by atoms with Crippen LogP contribution < -0.4 is 0 Å². The van der Waals surface area contributed by atoms with E-state index in [-0.39, 0.29) is 6.61 Å². The van der Waals surface area contributed by atoms with Gasteiger partial charge in [0, 0.05) is 26.2 Å². The zero-order valence-electron chi connectivity index (χ0n) is 12.7.